The Morgan fingerprint density at radius 2 is 1.88 bits per heavy atom. The van der Waals surface area contributed by atoms with Crippen LogP contribution in [-0.2, 0) is 0 Å². The summed E-state index contributed by atoms with van der Waals surface area (Å²) in [6.45, 7) is 6.12. The molecule has 0 radical (unpaired) electrons. The first-order valence-electron chi connectivity index (χ1n) is 5.20. The second kappa shape index (κ2) is 4.88. The van der Waals surface area contributed by atoms with Gasteiger partial charge in [0.05, 0.1) is 13.3 Å². The molecule has 2 rings (SSSR count). The van der Waals surface area contributed by atoms with Crippen molar-refractivity contribution in [2.75, 3.05) is 0 Å². The molecule has 2 nitrogen and oxygen atoms in total. The molecule has 1 atom stereocenters. The van der Waals surface area contributed by atoms with Crippen LogP contribution in [-0.4, -0.2) is 10.1 Å². The number of rotatable bonds is 2. The Kier molecular flexibility index (Phi) is 3.83. The number of hydrogen-bond donors (Lipinski definition) is 2. The highest BCUT2D eigenvalue weighted by molar-refractivity contribution is 9.12. The lowest BCUT2D eigenvalue weighted by Crippen LogP contribution is -2.01. The number of aliphatic hydroxyl groups excluding tert-OH is 1. The van der Waals surface area contributed by atoms with Crippen LogP contribution >= 0.6 is 43.2 Å². The zero-order valence-corrected chi connectivity index (χ0v) is 13.8. The summed E-state index contributed by atoms with van der Waals surface area (Å²) in [5.74, 6) is 0. The molecule has 0 aliphatic carbocycles. The van der Waals surface area contributed by atoms with Gasteiger partial charge in [-0.1, -0.05) is 0 Å². The van der Waals surface area contributed by atoms with E-state index in [1.54, 1.807) is 11.3 Å². The number of aryl methyl sites for hydroxylation is 1. The van der Waals surface area contributed by atoms with E-state index in [0.717, 1.165) is 30.1 Å². The van der Waals surface area contributed by atoms with Gasteiger partial charge in [0.2, 0.25) is 0 Å². The zero-order valence-electron chi connectivity index (χ0n) is 9.77. The molecule has 0 aliphatic heterocycles. The average molecular weight is 379 g/mol. The number of nitrogens with one attached hydrogen (secondary N) is 1. The predicted octanol–water partition coefficient (Wildman–Crippen LogP) is 4.61. The van der Waals surface area contributed by atoms with Gasteiger partial charge in [-0.3, -0.25) is 0 Å². The van der Waals surface area contributed by atoms with Crippen molar-refractivity contribution in [3.8, 4) is 0 Å². The number of aromatic nitrogens is 1. The maximum atomic E-state index is 10.4. The largest absolute Gasteiger partial charge is 0.382 e. The van der Waals surface area contributed by atoms with E-state index in [0.29, 0.717) is 0 Å². The predicted molar refractivity (Wildman–Crippen MR) is 78.8 cm³/mol. The Labute approximate surface area is 121 Å². The van der Waals surface area contributed by atoms with E-state index in [9.17, 15) is 5.11 Å². The van der Waals surface area contributed by atoms with Crippen LogP contribution in [0.25, 0.3) is 0 Å². The second-order valence-electron chi connectivity index (χ2n) is 4.10. The van der Waals surface area contributed by atoms with Crippen LogP contribution in [0.3, 0.4) is 0 Å². The van der Waals surface area contributed by atoms with Gasteiger partial charge in [-0.2, -0.15) is 0 Å². The van der Waals surface area contributed by atoms with E-state index in [2.05, 4.69) is 43.8 Å². The fourth-order valence-electron chi connectivity index (χ4n) is 1.84. The highest BCUT2D eigenvalue weighted by atomic mass is 79.9. The third-order valence-electron chi connectivity index (χ3n) is 3.10. The molecular formula is C12H13Br2NOS. The van der Waals surface area contributed by atoms with Crippen LogP contribution in [0.15, 0.2) is 13.6 Å². The molecule has 1 unspecified atom stereocenters. The number of halogens is 2. The van der Waals surface area contributed by atoms with Gasteiger partial charge >= 0.3 is 0 Å². The van der Waals surface area contributed by atoms with Crippen LogP contribution in [0, 0.1) is 20.8 Å². The van der Waals surface area contributed by atoms with Crippen molar-refractivity contribution < 1.29 is 5.11 Å². The Morgan fingerprint density at radius 3 is 2.29 bits per heavy atom. The molecule has 0 bridgehead atoms. The summed E-state index contributed by atoms with van der Waals surface area (Å²) in [6, 6.07) is 1.95. The molecule has 0 fully saturated rings. The third kappa shape index (κ3) is 2.38. The van der Waals surface area contributed by atoms with E-state index >= 15 is 0 Å². The Bertz CT molecular complexity index is 559. The maximum absolute atomic E-state index is 10.4. The number of H-pyrrole nitrogens is 1. The van der Waals surface area contributed by atoms with E-state index in [4.69, 9.17) is 0 Å². The highest BCUT2D eigenvalue weighted by Crippen LogP contribution is 2.38. The van der Waals surface area contributed by atoms with Crippen LogP contribution in [0.2, 0.25) is 0 Å². The summed E-state index contributed by atoms with van der Waals surface area (Å²) in [7, 11) is 0. The summed E-state index contributed by atoms with van der Waals surface area (Å²) in [5.41, 5.74) is 5.23. The van der Waals surface area contributed by atoms with Crippen molar-refractivity contribution in [1.82, 2.24) is 4.98 Å². The molecule has 17 heavy (non-hydrogen) atoms. The molecule has 0 aliphatic rings. The molecule has 0 saturated heterocycles. The van der Waals surface area contributed by atoms with Crippen molar-refractivity contribution in [2.24, 2.45) is 0 Å². The molecule has 2 heterocycles. The van der Waals surface area contributed by atoms with Gasteiger partial charge in [-0.05, 0) is 69.8 Å². The Morgan fingerprint density at radius 1 is 1.24 bits per heavy atom. The SMILES string of the molecule is Cc1[nH]c(C(O)c2cc(Br)sc2Br)c(C)c1C. The van der Waals surface area contributed by atoms with E-state index < -0.39 is 6.10 Å². The van der Waals surface area contributed by atoms with Gasteiger partial charge in [0.25, 0.3) is 0 Å². The van der Waals surface area contributed by atoms with Crippen molar-refractivity contribution in [3.05, 3.63) is 41.7 Å². The molecule has 0 spiro atoms. The van der Waals surface area contributed by atoms with Crippen molar-refractivity contribution >= 4 is 43.2 Å². The smallest absolute Gasteiger partial charge is 0.121 e. The standard InChI is InChI=1S/C12H13Br2NOS/c1-5-6(2)10(15-7(5)3)11(16)8-4-9(13)17-12(8)14/h4,11,15-16H,1-3H3. The van der Waals surface area contributed by atoms with E-state index in [-0.39, 0.29) is 0 Å². The maximum Gasteiger partial charge on any atom is 0.121 e. The molecule has 92 valence electrons. The molecular weight excluding hydrogens is 366 g/mol. The summed E-state index contributed by atoms with van der Waals surface area (Å²) in [4.78, 5) is 3.27. The quantitative estimate of drug-likeness (QED) is 0.786. The van der Waals surface area contributed by atoms with E-state index in [1.165, 1.54) is 5.56 Å². The topological polar surface area (TPSA) is 36.0 Å². The third-order valence-corrected chi connectivity index (χ3v) is 5.49. The number of aromatic amines is 1. The first-order chi connectivity index (χ1) is 7.91. The fourth-order valence-corrected chi connectivity index (χ4v) is 4.72. The van der Waals surface area contributed by atoms with Crippen molar-refractivity contribution in [3.63, 3.8) is 0 Å². The number of hydrogen-bond acceptors (Lipinski definition) is 2. The first kappa shape index (κ1) is 13.3. The Balaban J connectivity index is 2.47. The lowest BCUT2D eigenvalue weighted by Gasteiger charge is -2.09. The van der Waals surface area contributed by atoms with E-state index in [1.807, 2.05) is 19.9 Å². The van der Waals surface area contributed by atoms with Crippen LogP contribution in [0.4, 0.5) is 0 Å². The van der Waals surface area contributed by atoms with Gasteiger partial charge in [-0.25, -0.2) is 0 Å². The minimum Gasteiger partial charge on any atom is -0.382 e. The average Bonchev–Trinajstić information content (AvgIpc) is 2.72. The van der Waals surface area contributed by atoms with Crippen LogP contribution in [0.1, 0.15) is 34.2 Å². The highest BCUT2D eigenvalue weighted by Gasteiger charge is 2.21. The lowest BCUT2D eigenvalue weighted by atomic mass is 10.1. The summed E-state index contributed by atoms with van der Waals surface area (Å²) in [5, 5.41) is 10.4. The summed E-state index contributed by atoms with van der Waals surface area (Å²) < 4.78 is 1.97. The fraction of sp³-hybridized carbons (Fsp3) is 0.333. The molecule has 2 N–H and O–H groups in total. The van der Waals surface area contributed by atoms with Crippen LogP contribution in [0.5, 0.6) is 0 Å². The molecule has 2 aromatic rings. The van der Waals surface area contributed by atoms with Gasteiger partial charge in [0.15, 0.2) is 0 Å². The lowest BCUT2D eigenvalue weighted by molar-refractivity contribution is 0.215. The normalized spacial score (nSPS) is 13.1. The molecule has 5 heteroatoms. The van der Waals surface area contributed by atoms with Crippen molar-refractivity contribution in [2.45, 2.75) is 26.9 Å². The number of thiophene rings is 1. The van der Waals surface area contributed by atoms with Crippen LogP contribution < -0.4 is 0 Å². The molecule has 2 aromatic heterocycles. The summed E-state index contributed by atoms with van der Waals surface area (Å²) >= 11 is 8.48. The first-order valence-corrected chi connectivity index (χ1v) is 7.60. The second-order valence-corrected chi connectivity index (χ2v) is 7.85. The minimum absolute atomic E-state index is 0.612. The monoisotopic (exact) mass is 377 g/mol. The number of aliphatic hydroxyl groups is 1. The zero-order chi connectivity index (χ0) is 12.7. The molecule has 0 aromatic carbocycles. The van der Waals surface area contributed by atoms with Crippen molar-refractivity contribution in [1.29, 1.82) is 0 Å². The molecule has 0 amide bonds. The molecule has 0 saturated carbocycles. The Hall–Kier alpha value is -0.100. The van der Waals surface area contributed by atoms with Gasteiger partial charge < -0.3 is 10.1 Å². The minimum atomic E-state index is -0.612. The van der Waals surface area contributed by atoms with Gasteiger partial charge in [0.1, 0.15) is 6.10 Å². The summed E-state index contributed by atoms with van der Waals surface area (Å²) in [6.07, 6.45) is -0.612. The van der Waals surface area contributed by atoms with Gasteiger partial charge in [-0.15, -0.1) is 11.3 Å². The van der Waals surface area contributed by atoms with Gasteiger partial charge in [0, 0.05) is 11.3 Å².